The van der Waals surface area contributed by atoms with E-state index < -0.39 is 29.0 Å². The predicted octanol–water partition coefficient (Wildman–Crippen LogP) is 4.08. The van der Waals surface area contributed by atoms with Crippen molar-refractivity contribution in [1.82, 2.24) is 25.1 Å². The van der Waals surface area contributed by atoms with Crippen molar-refractivity contribution >= 4 is 17.5 Å². The summed E-state index contributed by atoms with van der Waals surface area (Å²) in [6, 6.07) is 11.7. The van der Waals surface area contributed by atoms with Crippen LogP contribution >= 0.6 is 0 Å². The molecule has 1 aliphatic rings. The van der Waals surface area contributed by atoms with Gasteiger partial charge in [0.05, 0.1) is 25.2 Å². The second-order valence-corrected chi connectivity index (χ2v) is 9.45. The number of nitrogens with one attached hydrogen (secondary N) is 1. The normalized spacial score (nSPS) is 15.5. The second kappa shape index (κ2) is 8.84. The Bertz CT molecular complexity index is 1200. The molecule has 2 heterocycles. The summed E-state index contributed by atoms with van der Waals surface area (Å²) in [4.78, 5) is 14.7. The molecule has 4 rings (SSSR count). The number of rotatable bonds is 5. The zero-order valence-corrected chi connectivity index (χ0v) is 19.4. The molecule has 12 heteroatoms. The van der Waals surface area contributed by atoms with Gasteiger partial charge in [-0.05, 0) is 62.4 Å². The van der Waals surface area contributed by atoms with Crippen molar-refractivity contribution in [3.05, 3.63) is 54.1 Å². The lowest BCUT2D eigenvalue weighted by Crippen LogP contribution is -2.65. The number of hydrogen-bond donors (Lipinski definition) is 2. The molecule has 1 aromatic heterocycles. The number of ether oxygens (including phenoxy) is 1. The molecule has 1 amide bonds. The summed E-state index contributed by atoms with van der Waals surface area (Å²) < 4.78 is 43.7. The lowest BCUT2D eigenvalue weighted by Gasteiger charge is -2.45. The summed E-state index contributed by atoms with van der Waals surface area (Å²) in [5.74, 6) is 0.270. The molecule has 0 aliphatic carbocycles. The number of likely N-dealkylation sites (tertiary alicyclic amines) is 1. The molecular formula is C23H25F3N6O3. The Hall–Kier alpha value is -3.67. The van der Waals surface area contributed by atoms with Gasteiger partial charge >= 0.3 is 12.3 Å². The molecule has 2 N–H and O–H groups in total. The molecule has 9 nitrogen and oxygen atoms in total. The smallest absolute Gasteiger partial charge is 0.416 e. The number of halogens is 3. The highest BCUT2D eigenvalue weighted by molar-refractivity contribution is 5.77. The molecule has 35 heavy (non-hydrogen) atoms. The molecule has 0 atom stereocenters. The van der Waals surface area contributed by atoms with Crippen LogP contribution in [-0.2, 0) is 17.5 Å². The van der Waals surface area contributed by atoms with E-state index in [0.717, 1.165) is 12.1 Å². The average molecular weight is 490 g/mol. The van der Waals surface area contributed by atoms with Crippen molar-refractivity contribution in [3.8, 4) is 11.4 Å². The highest BCUT2D eigenvalue weighted by atomic mass is 19.4. The molecule has 186 valence electrons. The van der Waals surface area contributed by atoms with E-state index >= 15 is 0 Å². The van der Waals surface area contributed by atoms with Crippen LogP contribution in [0.4, 0.5) is 29.3 Å². The Morgan fingerprint density at radius 1 is 1.11 bits per heavy atom. The van der Waals surface area contributed by atoms with Crippen LogP contribution < -0.4 is 5.32 Å². The highest BCUT2D eigenvalue weighted by Gasteiger charge is 2.46. The van der Waals surface area contributed by atoms with E-state index in [-0.39, 0.29) is 25.5 Å². The standard InChI is InChI=1S/C23H25F3N6O3/c1-21(2,3)35-20(33)31-12-22(34,13-31)14-32-29-19(28-30-32)17-6-4-5-7-18(17)27-16-10-8-15(9-11-16)23(24,25)26/h4-11,27,34H,12-14H2,1-3H3. The number of aromatic nitrogens is 4. The van der Waals surface area contributed by atoms with Crippen LogP contribution in [-0.4, -0.2) is 60.6 Å². The Morgan fingerprint density at radius 2 is 1.77 bits per heavy atom. The van der Waals surface area contributed by atoms with Gasteiger partial charge in [-0.2, -0.15) is 18.0 Å². The molecule has 0 bridgehead atoms. The maximum absolute atomic E-state index is 12.8. The Kier molecular flexibility index (Phi) is 6.18. The van der Waals surface area contributed by atoms with E-state index in [1.165, 1.54) is 21.8 Å². The first-order valence-electron chi connectivity index (χ1n) is 10.8. The molecule has 2 aromatic carbocycles. The fourth-order valence-electron chi connectivity index (χ4n) is 3.59. The van der Waals surface area contributed by atoms with Gasteiger partial charge in [-0.3, -0.25) is 0 Å². The van der Waals surface area contributed by atoms with Gasteiger partial charge in [-0.25, -0.2) is 4.79 Å². The van der Waals surface area contributed by atoms with Crippen LogP contribution in [0.25, 0.3) is 11.4 Å². The first kappa shape index (κ1) is 24.5. The summed E-state index contributed by atoms with van der Waals surface area (Å²) in [5.41, 5.74) is -0.967. The second-order valence-electron chi connectivity index (χ2n) is 9.45. The number of anilines is 2. The zero-order chi connectivity index (χ0) is 25.4. The molecule has 0 radical (unpaired) electrons. The lowest BCUT2D eigenvalue weighted by molar-refractivity contribution is -0.137. The van der Waals surface area contributed by atoms with Crippen LogP contribution in [0.1, 0.15) is 26.3 Å². The van der Waals surface area contributed by atoms with E-state index in [0.29, 0.717) is 16.9 Å². The van der Waals surface area contributed by atoms with Crippen LogP contribution in [0.5, 0.6) is 0 Å². The average Bonchev–Trinajstić information content (AvgIpc) is 3.19. The minimum atomic E-state index is -4.41. The fourth-order valence-corrected chi connectivity index (χ4v) is 3.59. The maximum atomic E-state index is 12.8. The minimum absolute atomic E-state index is 0.0216. The Morgan fingerprint density at radius 3 is 2.40 bits per heavy atom. The van der Waals surface area contributed by atoms with E-state index in [9.17, 15) is 23.1 Å². The van der Waals surface area contributed by atoms with Crippen LogP contribution in [0.3, 0.4) is 0 Å². The number of benzene rings is 2. The van der Waals surface area contributed by atoms with Crippen molar-refractivity contribution < 1.29 is 27.8 Å². The van der Waals surface area contributed by atoms with Gasteiger partial charge in [-0.1, -0.05) is 12.1 Å². The fraction of sp³-hybridized carbons (Fsp3) is 0.391. The number of β-amino-alcohol motifs (C(OH)–C–C–N with tert-alkyl or cyclic N) is 1. The van der Waals surface area contributed by atoms with Gasteiger partial charge < -0.3 is 20.1 Å². The summed E-state index contributed by atoms with van der Waals surface area (Å²) >= 11 is 0. The van der Waals surface area contributed by atoms with E-state index in [2.05, 4.69) is 20.7 Å². The van der Waals surface area contributed by atoms with Crippen LogP contribution in [0, 0.1) is 0 Å². The van der Waals surface area contributed by atoms with E-state index in [1.54, 1.807) is 45.0 Å². The number of nitrogens with zero attached hydrogens (tertiary/aromatic N) is 5. The first-order valence-corrected chi connectivity index (χ1v) is 10.8. The van der Waals surface area contributed by atoms with Gasteiger partial charge in [0.15, 0.2) is 0 Å². The monoisotopic (exact) mass is 490 g/mol. The zero-order valence-electron chi connectivity index (χ0n) is 19.4. The topological polar surface area (TPSA) is 105 Å². The van der Waals surface area contributed by atoms with Gasteiger partial charge in [0.2, 0.25) is 5.82 Å². The van der Waals surface area contributed by atoms with Gasteiger partial charge in [0.1, 0.15) is 11.2 Å². The summed E-state index contributed by atoms with van der Waals surface area (Å²) in [6.45, 7) is 5.47. The Labute approximate surface area is 199 Å². The Balaban J connectivity index is 1.43. The maximum Gasteiger partial charge on any atom is 0.416 e. The number of tetrazole rings is 1. The molecule has 0 spiro atoms. The molecule has 0 unspecified atom stereocenters. The third kappa shape index (κ3) is 5.88. The molecule has 1 aliphatic heterocycles. The molecule has 0 saturated carbocycles. The third-order valence-electron chi connectivity index (χ3n) is 5.17. The SMILES string of the molecule is CC(C)(C)OC(=O)N1CC(O)(Cn2nnc(-c3ccccc3Nc3ccc(C(F)(F)F)cc3)n2)C1. The van der Waals surface area contributed by atoms with Crippen molar-refractivity contribution in [2.24, 2.45) is 0 Å². The summed E-state index contributed by atoms with van der Waals surface area (Å²) in [7, 11) is 0. The van der Waals surface area contributed by atoms with E-state index in [1.807, 2.05) is 0 Å². The first-order chi connectivity index (χ1) is 16.3. The number of hydrogen-bond acceptors (Lipinski definition) is 7. The number of carbonyl (C=O) groups excluding carboxylic acids is 1. The quantitative estimate of drug-likeness (QED) is 0.555. The van der Waals surface area contributed by atoms with Crippen molar-refractivity contribution in [1.29, 1.82) is 0 Å². The van der Waals surface area contributed by atoms with Gasteiger partial charge in [-0.15, -0.1) is 10.2 Å². The number of aliphatic hydroxyl groups is 1. The highest BCUT2D eigenvalue weighted by Crippen LogP contribution is 2.32. The van der Waals surface area contributed by atoms with Gasteiger partial charge in [0, 0.05) is 16.9 Å². The van der Waals surface area contributed by atoms with Crippen LogP contribution in [0.2, 0.25) is 0 Å². The number of carbonyl (C=O) groups is 1. The molecule has 3 aromatic rings. The summed E-state index contributed by atoms with van der Waals surface area (Å²) in [6.07, 6.45) is -4.91. The number of amides is 1. The third-order valence-corrected chi connectivity index (χ3v) is 5.17. The number of para-hydroxylation sites is 1. The number of alkyl halides is 3. The van der Waals surface area contributed by atoms with Crippen molar-refractivity contribution in [2.75, 3.05) is 18.4 Å². The molecule has 1 saturated heterocycles. The van der Waals surface area contributed by atoms with Crippen LogP contribution in [0.15, 0.2) is 48.5 Å². The molecule has 1 fully saturated rings. The van der Waals surface area contributed by atoms with Crippen molar-refractivity contribution in [2.45, 2.75) is 44.7 Å². The lowest BCUT2D eigenvalue weighted by atomic mass is 9.95. The largest absolute Gasteiger partial charge is 0.444 e. The summed E-state index contributed by atoms with van der Waals surface area (Å²) in [5, 5.41) is 26.2. The van der Waals surface area contributed by atoms with Crippen molar-refractivity contribution in [3.63, 3.8) is 0 Å². The van der Waals surface area contributed by atoms with Gasteiger partial charge in [0.25, 0.3) is 0 Å². The van der Waals surface area contributed by atoms with E-state index in [4.69, 9.17) is 4.74 Å². The molecular weight excluding hydrogens is 465 g/mol. The minimum Gasteiger partial charge on any atom is -0.444 e. The predicted molar refractivity (Wildman–Crippen MR) is 121 cm³/mol.